The van der Waals surface area contributed by atoms with Gasteiger partial charge in [0.15, 0.2) is 0 Å². The Labute approximate surface area is 153 Å². The first-order chi connectivity index (χ1) is 12.6. The lowest BCUT2D eigenvalue weighted by molar-refractivity contribution is -0.129. The maximum absolute atomic E-state index is 12.2. The van der Waals surface area contributed by atoms with Gasteiger partial charge in [0, 0.05) is 19.1 Å². The Kier molecular flexibility index (Phi) is 7.01. The van der Waals surface area contributed by atoms with Crippen LogP contribution in [-0.4, -0.2) is 85.6 Å². The molecule has 26 heavy (non-hydrogen) atoms. The Morgan fingerprint density at radius 2 is 1.88 bits per heavy atom. The fourth-order valence-corrected chi connectivity index (χ4v) is 3.35. The fraction of sp³-hybridized carbons (Fsp3) is 0.778. The molecule has 0 radical (unpaired) electrons. The molecule has 3 atom stereocenters. The van der Waals surface area contributed by atoms with Crippen molar-refractivity contribution >= 4 is 11.8 Å². The molecule has 1 aliphatic carbocycles. The van der Waals surface area contributed by atoms with E-state index in [1.165, 1.54) is 6.42 Å². The lowest BCUT2D eigenvalue weighted by Crippen LogP contribution is -2.52. The maximum Gasteiger partial charge on any atom is 0.234 e. The average molecular weight is 367 g/mol. The molecule has 0 spiro atoms. The van der Waals surface area contributed by atoms with Gasteiger partial charge in [-0.2, -0.15) is 0 Å². The number of nitrogens with one attached hydrogen (secondary N) is 2. The molecule has 8 nitrogen and oxygen atoms in total. The van der Waals surface area contributed by atoms with Crippen molar-refractivity contribution in [1.82, 2.24) is 15.5 Å². The Morgan fingerprint density at radius 1 is 1.12 bits per heavy atom. The number of amides is 2. The van der Waals surface area contributed by atoms with Crippen molar-refractivity contribution in [2.24, 2.45) is 0 Å². The summed E-state index contributed by atoms with van der Waals surface area (Å²) in [5.74, 6) is -0.138. The van der Waals surface area contributed by atoms with Crippen molar-refractivity contribution in [3.05, 3.63) is 12.2 Å². The lowest BCUT2D eigenvalue weighted by atomic mass is 9.93. The van der Waals surface area contributed by atoms with Gasteiger partial charge >= 0.3 is 0 Å². The molecule has 0 aromatic rings. The highest BCUT2D eigenvalue weighted by molar-refractivity contribution is 5.79. The third-order valence-corrected chi connectivity index (χ3v) is 5.12. The Hall–Kier alpha value is -1.48. The van der Waals surface area contributed by atoms with Crippen LogP contribution < -0.4 is 10.6 Å². The van der Waals surface area contributed by atoms with Crippen LogP contribution in [0.3, 0.4) is 0 Å². The Morgan fingerprint density at radius 3 is 2.54 bits per heavy atom. The molecule has 3 rings (SSSR count). The van der Waals surface area contributed by atoms with E-state index in [1.54, 1.807) is 6.08 Å². The van der Waals surface area contributed by atoms with Crippen molar-refractivity contribution in [3.8, 4) is 0 Å². The molecule has 0 aromatic heterocycles. The lowest BCUT2D eigenvalue weighted by Gasteiger charge is -2.33. The van der Waals surface area contributed by atoms with Crippen molar-refractivity contribution in [2.45, 2.75) is 50.0 Å². The SMILES string of the molecule is O=C(C[C@H]1C=C[C@@H](NC(=O)CN2CCOCC2)[C@@H](CO)O1)NC1CCC1. The fourth-order valence-electron chi connectivity index (χ4n) is 3.35. The molecule has 146 valence electrons. The molecule has 3 aliphatic rings. The molecule has 1 saturated heterocycles. The van der Waals surface area contributed by atoms with Crippen molar-refractivity contribution < 1.29 is 24.2 Å². The number of carbonyl (C=O) groups excluding carboxylic acids is 2. The first-order valence-corrected chi connectivity index (χ1v) is 9.47. The van der Waals surface area contributed by atoms with Gasteiger partial charge in [-0.1, -0.05) is 12.2 Å². The molecule has 0 bridgehead atoms. The van der Waals surface area contributed by atoms with Crippen molar-refractivity contribution in [2.75, 3.05) is 39.5 Å². The monoisotopic (exact) mass is 367 g/mol. The van der Waals surface area contributed by atoms with Crippen LogP contribution in [0.1, 0.15) is 25.7 Å². The van der Waals surface area contributed by atoms with Crippen LogP contribution >= 0.6 is 0 Å². The van der Waals surface area contributed by atoms with E-state index in [0.29, 0.717) is 25.8 Å². The maximum atomic E-state index is 12.2. The minimum atomic E-state index is -0.546. The summed E-state index contributed by atoms with van der Waals surface area (Å²) in [5.41, 5.74) is 0. The molecule has 2 aliphatic heterocycles. The highest BCUT2D eigenvalue weighted by Gasteiger charge is 2.30. The molecule has 2 fully saturated rings. The quantitative estimate of drug-likeness (QED) is 0.509. The molecule has 1 saturated carbocycles. The van der Waals surface area contributed by atoms with E-state index in [2.05, 4.69) is 10.6 Å². The van der Waals surface area contributed by atoms with Crippen LogP contribution in [0.25, 0.3) is 0 Å². The van der Waals surface area contributed by atoms with Gasteiger partial charge in [0.25, 0.3) is 0 Å². The minimum absolute atomic E-state index is 0.0316. The summed E-state index contributed by atoms with van der Waals surface area (Å²) in [6.07, 6.45) is 6.19. The van der Waals surface area contributed by atoms with E-state index < -0.39 is 6.10 Å². The third kappa shape index (κ3) is 5.51. The molecule has 0 aromatic carbocycles. The second-order valence-electron chi connectivity index (χ2n) is 7.16. The molecular weight excluding hydrogens is 338 g/mol. The summed E-state index contributed by atoms with van der Waals surface area (Å²) < 4.78 is 11.1. The van der Waals surface area contributed by atoms with Gasteiger partial charge in [-0.3, -0.25) is 14.5 Å². The van der Waals surface area contributed by atoms with Gasteiger partial charge in [0.2, 0.25) is 11.8 Å². The number of hydrogen-bond donors (Lipinski definition) is 3. The highest BCUT2D eigenvalue weighted by atomic mass is 16.5. The van der Waals surface area contributed by atoms with Crippen LogP contribution in [0.5, 0.6) is 0 Å². The van der Waals surface area contributed by atoms with E-state index in [9.17, 15) is 14.7 Å². The van der Waals surface area contributed by atoms with Gasteiger partial charge in [-0.05, 0) is 19.3 Å². The highest BCUT2D eigenvalue weighted by Crippen LogP contribution is 2.19. The minimum Gasteiger partial charge on any atom is -0.394 e. The largest absolute Gasteiger partial charge is 0.394 e. The number of carbonyl (C=O) groups is 2. The Balaban J connectivity index is 1.45. The number of ether oxygens (including phenoxy) is 2. The van der Waals surface area contributed by atoms with E-state index in [1.807, 2.05) is 11.0 Å². The summed E-state index contributed by atoms with van der Waals surface area (Å²) >= 11 is 0. The molecular formula is C18H29N3O5. The summed E-state index contributed by atoms with van der Waals surface area (Å²) in [7, 11) is 0. The molecule has 2 amide bonds. The Bertz CT molecular complexity index is 517. The van der Waals surface area contributed by atoms with Gasteiger partial charge in [-0.25, -0.2) is 0 Å². The molecule has 0 unspecified atom stereocenters. The average Bonchev–Trinajstić information content (AvgIpc) is 2.60. The predicted octanol–water partition coefficient (Wildman–Crippen LogP) is -0.822. The van der Waals surface area contributed by atoms with E-state index in [4.69, 9.17) is 9.47 Å². The summed E-state index contributed by atoms with van der Waals surface area (Å²) in [4.78, 5) is 26.3. The number of hydrogen-bond acceptors (Lipinski definition) is 6. The molecule has 2 heterocycles. The van der Waals surface area contributed by atoms with E-state index in [-0.39, 0.29) is 37.0 Å². The number of nitrogens with zero attached hydrogens (tertiary/aromatic N) is 1. The van der Waals surface area contributed by atoms with Crippen molar-refractivity contribution in [3.63, 3.8) is 0 Å². The zero-order valence-electron chi connectivity index (χ0n) is 15.1. The van der Waals surface area contributed by atoms with Gasteiger partial charge < -0.3 is 25.2 Å². The third-order valence-electron chi connectivity index (χ3n) is 5.12. The first kappa shape index (κ1) is 19.3. The van der Waals surface area contributed by atoms with Crippen molar-refractivity contribution in [1.29, 1.82) is 0 Å². The topological polar surface area (TPSA) is 100 Å². The number of aliphatic hydroxyl groups excluding tert-OH is 1. The van der Waals surface area contributed by atoms with Gasteiger partial charge in [0.05, 0.1) is 44.9 Å². The second kappa shape index (κ2) is 9.45. The second-order valence-corrected chi connectivity index (χ2v) is 7.16. The van der Waals surface area contributed by atoms with Crippen LogP contribution in [-0.2, 0) is 19.1 Å². The smallest absolute Gasteiger partial charge is 0.234 e. The van der Waals surface area contributed by atoms with Gasteiger partial charge in [-0.15, -0.1) is 0 Å². The zero-order valence-corrected chi connectivity index (χ0v) is 15.1. The summed E-state index contributed by atoms with van der Waals surface area (Å²) in [5, 5.41) is 15.5. The normalized spacial score (nSPS) is 29.8. The summed E-state index contributed by atoms with van der Waals surface area (Å²) in [6.45, 7) is 2.86. The number of rotatable bonds is 7. The predicted molar refractivity (Wildman–Crippen MR) is 94.5 cm³/mol. The standard InChI is InChI=1S/C18H29N3O5/c22-12-16-15(20-18(24)11-21-6-8-25-9-7-21)5-4-14(26-16)10-17(23)19-13-2-1-3-13/h4-5,13-16,22H,1-3,6-12H2,(H,19,23)(H,20,24)/t14-,15-,16-/m1/s1. The van der Waals surface area contributed by atoms with E-state index in [0.717, 1.165) is 25.9 Å². The van der Waals surface area contributed by atoms with Gasteiger partial charge in [0.1, 0.15) is 6.10 Å². The summed E-state index contributed by atoms with van der Waals surface area (Å²) in [6, 6.07) is -0.0876. The van der Waals surface area contributed by atoms with Crippen LogP contribution in [0.2, 0.25) is 0 Å². The van der Waals surface area contributed by atoms with E-state index >= 15 is 0 Å². The molecule has 8 heteroatoms. The molecule has 3 N–H and O–H groups in total. The van der Waals surface area contributed by atoms with Crippen LogP contribution in [0, 0.1) is 0 Å². The number of morpholine rings is 1. The number of aliphatic hydroxyl groups is 1. The van der Waals surface area contributed by atoms with Crippen LogP contribution in [0.4, 0.5) is 0 Å². The first-order valence-electron chi connectivity index (χ1n) is 9.47. The zero-order chi connectivity index (χ0) is 18.4. The van der Waals surface area contributed by atoms with Crippen LogP contribution in [0.15, 0.2) is 12.2 Å².